The van der Waals surface area contributed by atoms with E-state index in [9.17, 15) is 10.0 Å². The first-order chi connectivity index (χ1) is 10.4. The van der Waals surface area contributed by atoms with Gasteiger partial charge in [-0.2, -0.15) is 0 Å². The molecule has 1 heterocycles. The quantitative estimate of drug-likeness (QED) is 0.403. The summed E-state index contributed by atoms with van der Waals surface area (Å²) in [6.45, 7) is 5.54. The summed E-state index contributed by atoms with van der Waals surface area (Å²) in [4.78, 5) is 16.3. The average Bonchev–Trinajstić information content (AvgIpc) is 2.47. The normalized spacial score (nSPS) is 17.3. The molecule has 1 fully saturated rings. The third kappa shape index (κ3) is 4.55. The second-order valence-corrected chi connectivity index (χ2v) is 6.93. The van der Waals surface area contributed by atoms with Gasteiger partial charge in [0.15, 0.2) is 6.04 Å². The van der Waals surface area contributed by atoms with Crippen molar-refractivity contribution >= 4 is 17.9 Å². The first-order valence-corrected chi connectivity index (χ1v) is 7.95. The molecule has 120 valence electrons. The summed E-state index contributed by atoms with van der Waals surface area (Å²) in [6.07, 6.45) is 6.87. The van der Waals surface area contributed by atoms with Gasteiger partial charge in [-0.05, 0) is 25.0 Å². The first kappa shape index (κ1) is 16.5. The summed E-state index contributed by atoms with van der Waals surface area (Å²) in [5.74, 6) is 0.383. The van der Waals surface area contributed by atoms with Crippen molar-refractivity contribution in [2.24, 2.45) is 5.41 Å². The van der Waals surface area contributed by atoms with Crippen molar-refractivity contribution in [2.45, 2.75) is 58.9 Å². The molecule has 1 aromatic rings. The van der Waals surface area contributed by atoms with Crippen LogP contribution < -0.4 is 5.32 Å². The molecule has 0 atom stereocenters. The van der Waals surface area contributed by atoms with Gasteiger partial charge in [0.25, 0.3) is 0 Å². The number of hydrogen-bond donors (Lipinski definition) is 1. The van der Waals surface area contributed by atoms with Gasteiger partial charge in [0, 0.05) is 18.3 Å². The topological polar surface area (TPSA) is 68.1 Å². The fraction of sp³-hybridized carbons (Fsp3) is 0.588. The van der Waals surface area contributed by atoms with Gasteiger partial charge in [-0.1, -0.05) is 33.3 Å². The largest absolute Gasteiger partial charge is 0.624 e. The summed E-state index contributed by atoms with van der Waals surface area (Å²) in [6, 6.07) is 5.37. The standard InChI is InChI=1S/C17H25N3O2/c1-17(2,3)16(21)19-15-11-7-8-13(18-15)12-20(22)14-9-5-4-6-10-14/h7-8,11-12,14H,4-6,9-10H2,1-3H3,(H,18,19,21)/b20-12-. The number of anilines is 1. The van der Waals surface area contributed by atoms with E-state index in [1.807, 2.05) is 20.8 Å². The van der Waals surface area contributed by atoms with Crippen molar-refractivity contribution in [3.63, 3.8) is 0 Å². The van der Waals surface area contributed by atoms with E-state index in [1.165, 1.54) is 12.6 Å². The number of pyridine rings is 1. The minimum atomic E-state index is -0.478. The number of carbonyl (C=O) groups is 1. The molecule has 0 saturated heterocycles. The maximum absolute atomic E-state index is 12.2. The second kappa shape index (κ2) is 6.90. The molecule has 5 heteroatoms. The Morgan fingerprint density at radius 2 is 2.00 bits per heavy atom. The second-order valence-electron chi connectivity index (χ2n) is 6.93. The predicted molar refractivity (Wildman–Crippen MR) is 88.0 cm³/mol. The average molecular weight is 303 g/mol. The highest BCUT2D eigenvalue weighted by Gasteiger charge is 2.22. The van der Waals surface area contributed by atoms with Gasteiger partial charge in [0.05, 0.1) is 0 Å². The number of hydroxylamine groups is 1. The molecule has 0 radical (unpaired) electrons. The zero-order valence-electron chi connectivity index (χ0n) is 13.6. The Balaban J connectivity index is 2.09. The smallest absolute Gasteiger partial charge is 0.230 e. The highest BCUT2D eigenvalue weighted by atomic mass is 16.5. The number of amides is 1. The van der Waals surface area contributed by atoms with Gasteiger partial charge < -0.3 is 10.5 Å². The Bertz CT molecular complexity index is 555. The Labute approximate surface area is 132 Å². The van der Waals surface area contributed by atoms with E-state index in [1.54, 1.807) is 18.2 Å². The van der Waals surface area contributed by atoms with Crippen LogP contribution in [0.1, 0.15) is 58.6 Å². The van der Waals surface area contributed by atoms with Crippen molar-refractivity contribution in [1.82, 2.24) is 4.98 Å². The molecule has 22 heavy (non-hydrogen) atoms. The molecule has 1 aliphatic rings. The lowest BCUT2D eigenvalue weighted by molar-refractivity contribution is -0.500. The summed E-state index contributed by atoms with van der Waals surface area (Å²) in [5.41, 5.74) is 0.0981. The van der Waals surface area contributed by atoms with E-state index in [0.717, 1.165) is 30.4 Å². The molecule has 2 rings (SSSR count). The van der Waals surface area contributed by atoms with Gasteiger partial charge in [-0.3, -0.25) is 4.79 Å². The molecule has 1 aromatic heterocycles. The van der Waals surface area contributed by atoms with Gasteiger partial charge >= 0.3 is 0 Å². The summed E-state index contributed by atoms with van der Waals surface area (Å²) < 4.78 is 1.02. The molecular formula is C17H25N3O2. The molecule has 1 N–H and O–H groups in total. The molecule has 0 unspecified atom stereocenters. The lowest BCUT2D eigenvalue weighted by Crippen LogP contribution is -2.28. The number of nitrogens with one attached hydrogen (secondary N) is 1. The zero-order valence-corrected chi connectivity index (χ0v) is 13.6. The Morgan fingerprint density at radius 3 is 2.64 bits per heavy atom. The van der Waals surface area contributed by atoms with E-state index in [0.29, 0.717) is 11.5 Å². The molecule has 1 amide bonds. The van der Waals surface area contributed by atoms with Crippen molar-refractivity contribution in [3.8, 4) is 0 Å². The number of hydrogen-bond acceptors (Lipinski definition) is 3. The van der Waals surface area contributed by atoms with Gasteiger partial charge in [-0.25, -0.2) is 9.72 Å². The van der Waals surface area contributed by atoms with Crippen LogP contribution in [0.4, 0.5) is 5.82 Å². The maximum atomic E-state index is 12.2. The number of carbonyl (C=O) groups excluding carboxylic acids is 1. The summed E-state index contributed by atoms with van der Waals surface area (Å²) >= 11 is 0. The molecule has 0 aromatic carbocycles. The minimum Gasteiger partial charge on any atom is -0.624 e. The SMILES string of the molecule is CC(C)(C)C(=O)Nc1cccc(/C=[N+](\[O-])C2CCCCC2)n1. The first-order valence-electron chi connectivity index (χ1n) is 7.95. The van der Waals surface area contributed by atoms with Crippen molar-refractivity contribution < 1.29 is 9.53 Å². The summed E-state index contributed by atoms with van der Waals surface area (Å²) in [7, 11) is 0. The highest BCUT2D eigenvalue weighted by molar-refractivity contribution is 5.93. The monoisotopic (exact) mass is 303 g/mol. The van der Waals surface area contributed by atoms with Crippen LogP contribution in [0.2, 0.25) is 0 Å². The number of nitrogens with zero attached hydrogens (tertiary/aromatic N) is 2. The number of aromatic nitrogens is 1. The van der Waals surface area contributed by atoms with Crippen molar-refractivity contribution in [2.75, 3.05) is 5.32 Å². The highest BCUT2D eigenvalue weighted by Crippen LogP contribution is 2.20. The van der Waals surface area contributed by atoms with Crippen LogP contribution in [0, 0.1) is 10.6 Å². The summed E-state index contributed by atoms with van der Waals surface area (Å²) in [5, 5.41) is 15.0. The van der Waals surface area contributed by atoms with Gasteiger partial charge in [0.2, 0.25) is 12.1 Å². The molecule has 0 aliphatic heterocycles. The van der Waals surface area contributed by atoms with E-state index >= 15 is 0 Å². The zero-order chi connectivity index (χ0) is 16.2. The predicted octanol–water partition coefficient (Wildman–Crippen LogP) is 3.33. The van der Waals surface area contributed by atoms with Crippen LogP contribution in [0.5, 0.6) is 0 Å². The molecule has 1 aliphatic carbocycles. The lowest BCUT2D eigenvalue weighted by Gasteiger charge is -2.20. The van der Waals surface area contributed by atoms with Crippen molar-refractivity contribution in [3.05, 3.63) is 29.1 Å². The number of rotatable bonds is 3. The Kier molecular flexibility index (Phi) is 5.16. The third-order valence-electron chi connectivity index (χ3n) is 3.89. The molecule has 0 spiro atoms. The Morgan fingerprint density at radius 1 is 1.32 bits per heavy atom. The molecule has 1 saturated carbocycles. The fourth-order valence-corrected chi connectivity index (χ4v) is 2.47. The minimum absolute atomic E-state index is 0.0587. The maximum Gasteiger partial charge on any atom is 0.230 e. The lowest BCUT2D eigenvalue weighted by atomic mass is 9.96. The van der Waals surface area contributed by atoms with E-state index in [2.05, 4.69) is 10.3 Å². The van der Waals surface area contributed by atoms with Crippen LogP contribution >= 0.6 is 0 Å². The molecule has 5 nitrogen and oxygen atoms in total. The van der Waals surface area contributed by atoms with Crippen LogP contribution in [0.25, 0.3) is 0 Å². The molecule has 0 bridgehead atoms. The van der Waals surface area contributed by atoms with Gasteiger partial charge in [-0.15, -0.1) is 0 Å². The Hall–Kier alpha value is -1.91. The van der Waals surface area contributed by atoms with E-state index in [4.69, 9.17) is 0 Å². The van der Waals surface area contributed by atoms with E-state index < -0.39 is 5.41 Å². The third-order valence-corrected chi connectivity index (χ3v) is 3.89. The van der Waals surface area contributed by atoms with Crippen LogP contribution in [-0.2, 0) is 4.79 Å². The van der Waals surface area contributed by atoms with E-state index in [-0.39, 0.29) is 11.9 Å². The van der Waals surface area contributed by atoms with Gasteiger partial charge in [0.1, 0.15) is 11.5 Å². The van der Waals surface area contributed by atoms with Crippen LogP contribution in [0.3, 0.4) is 0 Å². The van der Waals surface area contributed by atoms with Crippen LogP contribution in [0.15, 0.2) is 18.2 Å². The van der Waals surface area contributed by atoms with Crippen LogP contribution in [-0.4, -0.2) is 27.9 Å². The molecular weight excluding hydrogens is 278 g/mol. The van der Waals surface area contributed by atoms with Crippen molar-refractivity contribution in [1.29, 1.82) is 0 Å². The fourth-order valence-electron chi connectivity index (χ4n) is 2.47.